The second-order valence-corrected chi connectivity index (χ2v) is 2.98. The Morgan fingerprint density at radius 2 is 2.19 bits per heavy atom. The molecule has 16 heavy (non-hydrogen) atoms. The molecule has 0 spiro atoms. The molecule has 1 heterocycles. The number of nitriles is 1. The zero-order chi connectivity index (χ0) is 12.3. The molecule has 0 aliphatic carbocycles. The first-order valence-corrected chi connectivity index (χ1v) is 4.19. The summed E-state index contributed by atoms with van der Waals surface area (Å²) in [4.78, 5) is 13.3. The highest BCUT2D eigenvalue weighted by atomic mass is 19.4. The van der Waals surface area contributed by atoms with E-state index in [0.29, 0.717) is 0 Å². The molecular formula is C9H7F3N2O2. The van der Waals surface area contributed by atoms with E-state index in [9.17, 15) is 18.0 Å². The molecule has 1 rings (SSSR count). The molecule has 1 aromatic rings. The fourth-order valence-corrected chi connectivity index (χ4v) is 1.14. The molecule has 0 fully saturated rings. The molecule has 0 unspecified atom stereocenters. The highest BCUT2D eigenvalue weighted by Gasteiger charge is 2.33. The van der Waals surface area contributed by atoms with E-state index >= 15 is 0 Å². The van der Waals surface area contributed by atoms with Crippen molar-refractivity contribution >= 4 is 0 Å². The fraction of sp³-hybridized carbons (Fsp3) is 0.333. The smallest absolute Gasteiger partial charge is 0.405 e. The Bertz CT molecular complexity index is 485. The zero-order valence-electron chi connectivity index (χ0n) is 8.18. The Balaban J connectivity index is 3.27. The van der Waals surface area contributed by atoms with E-state index in [2.05, 4.69) is 9.72 Å². The van der Waals surface area contributed by atoms with Crippen LogP contribution in [0.25, 0.3) is 0 Å². The lowest BCUT2D eigenvalue weighted by Crippen LogP contribution is -2.22. The first kappa shape index (κ1) is 12.1. The summed E-state index contributed by atoms with van der Waals surface area (Å²) in [6, 6.07) is 1.69. The van der Waals surface area contributed by atoms with Gasteiger partial charge in [-0.15, -0.1) is 13.2 Å². The maximum atomic E-state index is 12.1. The van der Waals surface area contributed by atoms with E-state index in [0.717, 1.165) is 6.20 Å². The molecule has 0 saturated heterocycles. The molecule has 0 bridgehead atoms. The van der Waals surface area contributed by atoms with Crippen molar-refractivity contribution in [1.82, 2.24) is 4.98 Å². The second-order valence-electron chi connectivity index (χ2n) is 2.98. The average molecular weight is 232 g/mol. The molecule has 0 atom stereocenters. The van der Waals surface area contributed by atoms with Crippen LogP contribution in [0.2, 0.25) is 0 Å². The van der Waals surface area contributed by atoms with Gasteiger partial charge in [-0.3, -0.25) is 4.79 Å². The van der Waals surface area contributed by atoms with Crippen molar-refractivity contribution in [3.63, 3.8) is 0 Å². The first-order chi connectivity index (χ1) is 7.35. The van der Waals surface area contributed by atoms with Gasteiger partial charge in [0.05, 0.1) is 18.1 Å². The van der Waals surface area contributed by atoms with Crippen molar-refractivity contribution in [2.24, 2.45) is 0 Å². The fourth-order valence-electron chi connectivity index (χ4n) is 1.14. The quantitative estimate of drug-likeness (QED) is 0.842. The number of hydrogen-bond acceptors (Lipinski definition) is 3. The standard InChI is InChI=1S/C9H7F3N2O2/c1-5-7(16-9(10,11)12)6(2-3-13)4-14-8(5)15/h4H,2H2,1H3,(H,14,15). The molecule has 0 amide bonds. The van der Waals surface area contributed by atoms with Gasteiger partial charge >= 0.3 is 6.36 Å². The van der Waals surface area contributed by atoms with Crippen LogP contribution in [0, 0.1) is 18.3 Å². The third-order valence-electron chi connectivity index (χ3n) is 1.84. The Kier molecular flexibility index (Phi) is 3.22. The Morgan fingerprint density at radius 3 is 2.69 bits per heavy atom. The van der Waals surface area contributed by atoms with Crippen molar-refractivity contribution in [1.29, 1.82) is 5.26 Å². The molecule has 7 heteroatoms. The molecule has 1 N–H and O–H groups in total. The number of pyridine rings is 1. The zero-order valence-corrected chi connectivity index (χ0v) is 8.18. The SMILES string of the molecule is Cc1c(OC(F)(F)F)c(CC#N)c[nH]c1=O. The van der Waals surface area contributed by atoms with Crippen LogP contribution >= 0.6 is 0 Å². The summed E-state index contributed by atoms with van der Waals surface area (Å²) in [5.41, 5.74) is -0.886. The van der Waals surface area contributed by atoms with Crippen molar-refractivity contribution in [2.45, 2.75) is 19.7 Å². The number of aromatic nitrogens is 1. The molecule has 0 saturated carbocycles. The highest BCUT2D eigenvalue weighted by molar-refractivity contribution is 5.39. The van der Waals surface area contributed by atoms with Crippen LogP contribution in [0.5, 0.6) is 5.75 Å². The number of nitrogens with zero attached hydrogens (tertiary/aromatic N) is 1. The van der Waals surface area contributed by atoms with Gasteiger partial charge in [0, 0.05) is 11.8 Å². The van der Waals surface area contributed by atoms with Gasteiger partial charge in [-0.25, -0.2) is 0 Å². The molecular weight excluding hydrogens is 225 g/mol. The van der Waals surface area contributed by atoms with Crippen LogP contribution in [-0.2, 0) is 6.42 Å². The number of rotatable bonds is 2. The molecule has 0 radical (unpaired) electrons. The third kappa shape index (κ3) is 2.76. The number of aromatic amines is 1. The van der Waals surface area contributed by atoms with Crippen LogP contribution in [0.4, 0.5) is 13.2 Å². The van der Waals surface area contributed by atoms with Gasteiger partial charge in [-0.05, 0) is 6.92 Å². The predicted octanol–water partition coefficient (Wildman–Crippen LogP) is 1.65. The lowest BCUT2D eigenvalue weighted by Gasteiger charge is -2.13. The van der Waals surface area contributed by atoms with Crippen molar-refractivity contribution in [3.05, 3.63) is 27.7 Å². The minimum atomic E-state index is -4.89. The lowest BCUT2D eigenvalue weighted by molar-refractivity contribution is -0.275. The normalized spacial score (nSPS) is 10.9. The van der Waals surface area contributed by atoms with Crippen molar-refractivity contribution in [2.75, 3.05) is 0 Å². The van der Waals surface area contributed by atoms with Gasteiger partial charge < -0.3 is 9.72 Å². The summed E-state index contributed by atoms with van der Waals surface area (Å²) < 4.78 is 39.9. The molecule has 0 aliphatic heterocycles. The van der Waals surface area contributed by atoms with Crippen molar-refractivity contribution in [3.8, 4) is 11.8 Å². The van der Waals surface area contributed by atoms with E-state index in [1.54, 1.807) is 6.07 Å². The molecule has 86 valence electrons. The van der Waals surface area contributed by atoms with Gasteiger partial charge in [-0.2, -0.15) is 5.26 Å². The van der Waals surface area contributed by atoms with Gasteiger partial charge in [-0.1, -0.05) is 0 Å². The summed E-state index contributed by atoms with van der Waals surface area (Å²) >= 11 is 0. The Hall–Kier alpha value is -1.97. The van der Waals surface area contributed by atoms with E-state index in [-0.39, 0.29) is 17.5 Å². The van der Waals surface area contributed by atoms with Crippen LogP contribution in [0.15, 0.2) is 11.0 Å². The highest BCUT2D eigenvalue weighted by Crippen LogP contribution is 2.27. The van der Waals surface area contributed by atoms with E-state index < -0.39 is 17.7 Å². The number of alkyl halides is 3. The first-order valence-electron chi connectivity index (χ1n) is 4.19. The molecule has 1 aromatic heterocycles. The number of H-pyrrole nitrogens is 1. The maximum absolute atomic E-state index is 12.1. The Morgan fingerprint density at radius 1 is 1.56 bits per heavy atom. The summed E-state index contributed by atoms with van der Waals surface area (Å²) in [7, 11) is 0. The predicted molar refractivity (Wildman–Crippen MR) is 47.8 cm³/mol. The van der Waals surface area contributed by atoms with Gasteiger partial charge in [0.25, 0.3) is 5.56 Å². The monoisotopic (exact) mass is 232 g/mol. The number of hydrogen-bond donors (Lipinski definition) is 1. The van der Waals surface area contributed by atoms with Gasteiger partial charge in [0.15, 0.2) is 0 Å². The maximum Gasteiger partial charge on any atom is 0.573 e. The second kappa shape index (κ2) is 4.26. The van der Waals surface area contributed by atoms with Crippen LogP contribution < -0.4 is 10.3 Å². The van der Waals surface area contributed by atoms with E-state index in [4.69, 9.17) is 5.26 Å². The summed E-state index contributed by atoms with van der Waals surface area (Å²) in [6.45, 7) is 1.20. The third-order valence-corrected chi connectivity index (χ3v) is 1.84. The summed E-state index contributed by atoms with van der Waals surface area (Å²) in [5, 5.41) is 8.42. The van der Waals surface area contributed by atoms with E-state index in [1.165, 1.54) is 6.92 Å². The summed E-state index contributed by atoms with van der Waals surface area (Å²) in [5.74, 6) is -0.599. The van der Waals surface area contributed by atoms with Crippen LogP contribution in [0.3, 0.4) is 0 Å². The largest absolute Gasteiger partial charge is 0.573 e. The number of ether oxygens (including phenoxy) is 1. The number of nitrogens with one attached hydrogen (secondary N) is 1. The van der Waals surface area contributed by atoms with Gasteiger partial charge in [0.1, 0.15) is 5.75 Å². The minimum Gasteiger partial charge on any atom is -0.405 e. The molecule has 0 aliphatic rings. The number of halogens is 3. The lowest BCUT2D eigenvalue weighted by atomic mass is 10.1. The minimum absolute atomic E-state index is 0.00285. The Labute approximate surface area is 88.3 Å². The molecule has 0 aromatic carbocycles. The molecule has 4 nitrogen and oxygen atoms in total. The average Bonchev–Trinajstić information content (AvgIpc) is 2.16. The van der Waals surface area contributed by atoms with Crippen LogP contribution in [-0.4, -0.2) is 11.3 Å². The van der Waals surface area contributed by atoms with Gasteiger partial charge in [0.2, 0.25) is 0 Å². The van der Waals surface area contributed by atoms with Crippen molar-refractivity contribution < 1.29 is 17.9 Å². The van der Waals surface area contributed by atoms with E-state index in [1.807, 2.05) is 0 Å². The topological polar surface area (TPSA) is 65.9 Å². The van der Waals surface area contributed by atoms with Crippen LogP contribution in [0.1, 0.15) is 11.1 Å². The summed E-state index contributed by atoms with van der Waals surface area (Å²) in [6.07, 6.45) is -4.12.